The summed E-state index contributed by atoms with van der Waals surface area (Å²) in [4.78, 5) is 13.4. The predicted molar refractivity (Wildman–Crippen MR) is 135 cm³/mol. The number of nitrogens with two attached hydrogens (primary N) is 1. The molecule has 3 atom stereocenters. The lowest BCUT2D eigenvalue weighted by atomic mass is 9.91. The van der Waals surface area contributed by atoms with Crippen molar-refractivity contribution in [2.45, 2.75) is 18.8 Å². The summed E-state index contributed by atoms with van der Waals surface area (Å²) in [6.07, 6.45) is 2.76. The van der Waals surface area contributed by atoms with Gasteiger partial charge in [0.25, 0.3) is 0 Å². The van der Waals surface area contributed by atoms with Crippen molar-refractivity contribution in [1.29, 1.82) is 0 Å². The summed E-state index contributed by atoms with van der Waals surface area (Å²) < 4.78 is 14.7. The van der Waals surface area contributed by atoms with E-state index in [1.807, 2.05) is 44.4 Å². The van der Waals surface area contributed by atoms with Gasteiger partial charge >= 0.3 is 0 Å². The first-order valence-corrected chi connectivity index (χ1v) is 12.2. The molecule has 2 aromatic carbocycles. The third-order valence-corrected chi connectivity index (χ3v) is 8.29. The molecule has 9 nitrogen and oxygen atoms in total. The Labute approximate surface area is 206 Å². The second-order valence-corrected chi connectivity index (χ2v) is 9.97. The molecular formula is C26H26FN9. The van der Waals surface area contributed by atoms with E-state index in [1.54, 1.807) is 10.9 Å². The number of anilines is 1. The van der Waals surface area contributed by atoms with Crippen molar-refractivity contribution in [2.24, 2.45) is 24.6 Å². The number of aromatic amines is 1. The first-order valence-electron chi connectivity index (χ1n) is 12.2. The molecule has 1 aliphatic heterocycles. The minimum absolute atomic E-state index is 0.163. The van der Waals surface area contributed by atoms with Gasteiger partial charge in [-0.2, -0.15) is 20.1 Å². The first kappa shape index (κ1) is 21.4. The molecule has 2 aliphatic rings. The van der Waals surface area contributed by atoms with Crippen LogP contribution in [-0.4, -0.2) is 54.8 Å². The van der Waals surface area contributed by atoms with Crippen LogP contribution in [0.15, 0.2) is 42.6 Å². The van der Waals surface area contributed by atoms with E-state index in [0.29, 0.717) is 29.5 Å². The standard InChI is InChI=1S/C26H26FN9/c1-14-15(7-8-20-22(14)34-35(2)33-20)23-24-25(32-31-23)30-21(11-29-24)36-10-9-16-18(12-36)26(16,13-28)17-5-3-4-6-19(17)27/h3-8,11,16,18H,9-10,12-13,28H2,1-2H3,(H,30,31,32)/t16-,18+,26-/m1/s1. The van der Waals surface area contributed by atoms with Crippen LogP contribution in [0.5, 0.6) is 0 Å². The van der Waals surface area contributed by atoms with E-state index in [1.165, 1.54) is 6.07 Å². The van der Waals surface area contributed by atoms with Gasteiger partial charge in [0.15, 0.2) is 0 Å². The number of aromatic nitrogens is 7. The molecule has 3 aromatic heterocycles. The van der Waals surface area contributed by atoms with Gasteiger partial charge in [-0.25, -0.2) is 14.4 Å². The molecule has 0 radical (unpaired) electrons. The molecule has 7 rings (SSSR count). The van der Waals surface area contributed by atoms with Crippen LogP contribution in [0.25, 0.3) is 33.5 Å². The highest BCUT2D eigenvalue weighted by Gasteiger charge is 2.66. The van der Waals surface area contributed by atoms with Crippen molar-refractivity contribution < 1.29 is 4.39 Å². The van der Waals surface area contributed by atoms with Gasteiger partial charge in [0, 0.05) is 37.7 Å². The average Bonchev–Trinajstić information content (AvgIpc) is 3.12. The van der Waals surface area contributed by atoms with Crippen LogP contribution >= 0.6 is 0 Å². The van der Waals surface area contributed by atoms with Crippen LogP contribution in [0, 0.1) is 24.6 Å². The lowest BCUT2D eigenvalue weighted by Gasteiger charge is -2.26. The number of hydrogen-bond acceptors (Lipinski definition) is 7. The molecule has 1 aliphatic carbocycles. The number of hydrogen-bond donors (Lipinski definition) is 2. The van der Waals surface area contributed by atoms with Crippen LogP contribution in [0.3, 0.4) is 0 Å². The minimum atomic E-state index is -0.298. The molecule has 1 saturated carbocycles. The number of H-pyrrole nitrogens is 1. The second-order valence-electron chi connectivity index (χ2n) is 9.97. The fourth-order valence-corrected chi connectivity index (χ4v) is 6.45. The molecule has 4 heterocycles. The van der Waals surface area contributed by atoms with Crippen molar-refractivity contribution in [3.8, 4) is 11.3 Å². The number of benzene rings is 2. The SMILES string of the molecule is Cc1c(-c2[nH]nc3nc(N4CC[C@@H]5[C@H](C4)[C@@]5(CN)c4ccccc4F)cnc23)ccc2nn(C)nc12. The lowest BCUT2D eigenvalue weighted by Crippen LogP contribution is -2.32. The van der Waals surface area contributed by atoms with Crippen molar-refractivity contribution in [3.05, 3.63) is 59.5 Å². The Morgan fingerprint density at radius 3 is 2.83 bits per heavy atom. The number of nitrogens with one attached hydrogen (secondary N) is 1. The largest absolute Gasteiger partial charge is 0.355 e. The summed E-state index contributed by atoms with van der Waals surface area (Å²) in [6.45, 7) is 4.08. The van der Waals surface area contributed by atoms with E-state index in [2.05, 4.69) is 25.3 Å². The second kappa shape index (κ2) is 7.54. The van der Waals surface area contributed by atoms with Crippen molar-refractivity contribution in [2.75, 3.05) is 24.5 Å². The fraction of sp³-hybridized carbons (Fsp3) is 0.346. The quantitative estimate of drug-likeness (QED) is 0.404. The molecule has 36 heavy (non-hydrogen) atoms. The maximum Gasteiger partial charge on any atom is 0.202 e. The van der Waals surface area contributed by atoms with Gasteiger partial charge in [-0.15, -0.1) is 0 Å². The minimum Gasteiger partial charge on any atom is -0.355 e. The summed E-state index contributed by atoms with van der Waals surface area (Å²) in [7, 11) is 1.82. The van der Waals surface area contributed by atoms with E-state index in [9.17, 15) is 4.39 Å². The molecule has 5 aromatic rings. The smallest absolute Gasteiger partial charge is 0.202 e. The number of fused-ring (bicyclic) bond motifs is 3. The molecule has 0 unspecified atom stereocenters. The zero-order valence-corrected chi connectivity index (χ0v) is 20.1. The Kier molecular flexibility index (Phi) is 4.47. The first-order chi connectivity index (χ1) is 17.5. The Morgan fingerprint density at radius 1 is 1.14 bits per heavy atom. The van der Waals surface area contributed by atoms with E-state index < -0.39 is 0 Å². The highest BCUT2D eigenvalue weighted by molar-refractivity contribution is 5.93. The summed E-state index contributed by atoms with van der Waals surface area (Å²) in [5, 5.41) is 16.5. The van der Waals surface area contributed by atoms with Crippen molar-refractivity contribution in [1.82, 2.24) is 35.2 Å². The van der Waals surface area contributed by atoms with Crippen molar-refractivity contribution >= 4 is 28.0 Å². The highest BCUT2D eigenvalue weighted by Crippen LogP contribution is 2.63. The van der Waals surface area contributed by atoms with Gasteiger partial charge in [0.05, 0.1) is 11.9 Å². The number of rotatable bonds is 4. The summed E-state index contributed by atoms with van der Waals surface area (Å²) in [6, 6.07) is 11.0. The van der Waals surface area contributed by atoms with E-state index in [0.717, 1.165) is 58.7 Å². The van der Waals surface area contributed by atoms with Gasteiger partial charge in [-0.05, 0) is 48.4 Å². The Morgan fingerprint density at radius 2 is 2.00 bits per heavy atom. The zero-order chi connectivity index (χ0) is 24.6. The number of nitrogens with zero attached hydrogens (tertiary/aromatic N) is 7. The summed E-state index contributed by atoms with van der Waals surface area (Å²) in [5.41, 5.74) is 12.5. The van der Waals surface area contributed by atoms with Crippen LogP contribution in [0.4, 0.5) is 10.2 Å². The van der Waals surface area contributed by atoms with Gasteiger partial charge in [-0.1, -0.05) is 24.3 Å². The topological polar surface area (TPSA) is 114 Å². The number of halogens is 1. The van der Waals surface area contributed by atoms with Crippen LogP contribution in [0.2, 0.25) is 0 Å². The molecule has 0 amide bonds. The van der Waals surface area contributed by atoms with E-state index >= 15 is 0 Å². The monoisotopic (exact) mass is 483 g/mol. The summed E-state index contributed by atoms with van der Waals surface area (Å²) in [5.74, 6) is 1.31. The molecule has 0 bridgehead atoms. The average molecular weight is 484 g/mol. The Balaban J connectivity index is 1.20. The fourth-order valence-electron chi connectivity index (χ4n) is 6.45. The van der Waals surface area contributed by atoms with E-state index in [4.69, 9.17) is 15.7 Å². The number of piperidine rings is 1. The van der Waals surface area contributed by atoms with Gasteiger partial charge in [0.1, 0.15) is 28.2 Å². The molecule has 2 fully saturated rings. The van der Waals surface area contributed by atoms with Gasteiger partial charge < -0.3 is 10.6 Å². The molecule has 0 spiro atoms. The third-order valence-electron chi connectivity index (χ3n) is 8.29. The van der Waals surface area contributed by atoms with Gasteiger partial charge in [-0.3, -0.25) is 5.10 Å². The molecule has 3 N–H and O–H groups in total. The Hall–Kier alpha value is -3.92. The lowest BCUT2D eigenvalue weighted by molar-refractivity contribution is 0.533. The van der Waals surface area contributed by atoms with Crippen LogP contribution < -0.4 is 10.6 Å². The molecule has 10 heteroatoms. The van der Waals surface area contributed by atoms with Gasteiger partial charge in [0.2, 0.25) is 5.65 Å². The summed E-state index contributed by atoms with van der Waals surface area (Å²) >= 11 is 0. The normalized spacial score (nSPS) is 23.4. The maximum atomic E-state index is 14.7. The van der Waals surface area contributed by atoms with Crippen molar-refractivity contribution in [3.63, 3.8) is 0 Å². The van der Waals surface area contributed by atoms with Crippen LogP contribution in [-0.2, 0) is 12.5 Å². The predicted octanol–water partition coefficient (Wildman–Crippen LogP) is 3.10. The van der Waals surface area contributed by atoms with Crippen LogP contribution in [0.1, 0.15) is 17.5 Å². The Bertz CT molecular complexity index is 1640. The van der Waals surface area contributed by atoms with E-state index in [-0.39, 0.29) is 11.2 Å². The zero-order valence-electron chi connectivity index (χ0n) is 20.1. The molecule has 1 saturated heterocycles. The highest BCUT2D eigenvalue weighted by atomic mass is 19.1. The molecular weight excluding hydrogens is 457 g/mol. The maximum absolute atomic E-state index is 14.7. The third kappa shape index (κ3) is 2.87. The number of aryl methyl sites for hydroxylation is 2. The molecule has 182 valence electrons.